The van der Waals surface area contributed by atoms with Crippen molar-refractivity contribution in [1.29, 1.82) is 0 Å². The Morgan fingerprint density at radius 1 is 0.864 bits per heavy atom. The third-order valence-electron chi connectivity index (χ3n) is 4.43. The molecule has 3 nitrogen and oxygen atoms in total. The van der Waals surface area contributed by atoms with Gasteiger partial charge in [0, 0.05) is 39.3 Å². The molecule has 116 valence electrons. The largest absolute Gasteiger partial charge is 0.508 e. The number of benzene rings is 2. The van der Waals surface area contributed by atoms with Crippen molar-refractivity contribution in [2.75, 3.05) is 26.2 Å². The van der Waals surface area contributed by atoms with Crippen LogP contribution in [0.25, 0.3) is 0 Å². The Bertz CT molecular complexity index is 604. The van der Waals surface area contributed by atoms with Gasteiger partial charge in [-0.15, -0.1) is 0 Å². The van der Waals surface area contributed by atoms with Crippen LogP contribution in [0.4, 0.5) is 0 Å². The minimum Gasteiger partial charge on any atom is -0.508 e. The zero-order valence-electron chi connectivity index (χ0n) is 13.2. The third kappa shape index (κ3) is 3.87. The molecular formula is C19H24N2O. The smallest absolute Gasteiger partial charge is 0.115 e. The fourth-order valence-electron chi connectivity index (χ4n) is 3.05. The van der Waals surface area contributed by atoms with Crippen molar-refractivity contribution in [3.63, 3.8) is 0 Å². The summed E-state index contributed by atoms with van der Waals surface area (Å²) in [7, 11) is 0. The summed E-state index contributed by atoms with van der Waals surface area (Å²) in [6.45, 7) is 8.54. The van der Waals surface area contributed by atoms with Gasteiger partial charge in [-0.2, -0.15) is 0 Å². The summed E-state index contributed by atoms with van der Waals surface area (Å²) in [4.78, 5) is 5.02. The first-order valence-corrected chi connectivity index (χ1v) is 7.98. The van der Waals surface area contributed by atoms with E-state index in [-0.39, 0.29) is 0 Å². The van der Waals surface area contributed by atoms with Crippen LogP contribution in [0, 0.1) is 6.92 Å². The van der Waals surface area contributed by atoms with Gasteiger partial charge < -0.3 is 5.11 Å². The maximum absolute atomic E-state index is 9.50. The summed E-state index contributed by atoms with van der Waals surface area (Å²) in [6, 6.07) is 16.4. The molecule has 0 atom stereocenters. The molecule has 1 N–H and O–H groups in total. The number of nitrogens with zero attached hydrogens (tertiary/aromatic N) is 2. The summed E-state index contributed by atoms with van der Waals surface area (Å²) in [5.74, 6) is 0.355. The molecule has 1 aliphatic heterocycles. The normalized spacial score (nSPS) is 16.8. The number of aromatic hydroxyl groups is 1. The summed E-state index contributed by atoms with van der Waals surface area (Å²) >= 11 is 0. The number of aryl methyl sites for hydroxylation is 1. The molecule has 22 heavy (non-hydrogen) atoms. The van der Waals surface area contributed by atoms with Crippen molar-refractivity contribution in [2.24, 2.45) is 0 Å². The minimum atomic E-state index is 0.355. The molecule has 2 aromatic rings. The quantitative estimate of drug-likeness (QED) is 0.939. The predicted octanol–water partition coefficient (Wildman–Crippen LogP) is 3.02. The van der Waals surface area contributed by atoms with Gasteiger partial charge >= 0.3 is 0 Å². The van der Waals surface area contributed by atoms with Gasteiger partial charge in [0.2, 0.25) is 0 Å². The van der Waals surface area contributed by atoms with E-state index in [0.717, 1.165) is 39.3 Å². The summed E-state index contributed by atoms with van der Waals surface area (Å²) in [6.07, 6.45) is 0. The van der Waals surface area contributed by atoms with Crippen LogP contribution < -0.4 is 0 Å². The molecule has 0 saturated carbocycles. The van der Waals surface area contributed by atoms with Crippen molar-refractivity contribution in [3.05, 3.63) is 65.2 Å². The lowest BCUT2D eigenvalue weighted by Gasteiger charge is -2.35. The first kappa shape index (κ1) is 15.1. The molecule has 0 unspecified atom stereocenters. The molecule has 0 radical (unpaired) electrons. The number of phenols is 1. The van der Waals surface area contributed by atoms with Gasteiger partial charge in [0.15, 0.2) is 0 Å². The molecular weight excluding hydrogens is 272 g/mol. The fourth-order valence-corrected chi connectivity index (χ4v) is 3.05. The summed E-state index contributed by atoms with van der Waals surface area (Å²) in [5.41, 5.74) is 3.88. The molecule has 1 aliphatic rings. The van der Waals surface area contributed by atoms with E-state index in [4.69, 9.17) is 0 Å². The van der Waals surface area contributed by atoms with Crippen LogP contribution >= 0.6 is 0 Å². The number of piperazine rings is 1. The predicted molar refractivity (Wildman–Crippen MR) is 89.8 cm³/mol. The second-order valence-corrected chi connectivity index (χ2v) is 6.15. The van der Waals surface area contributed by atoms with E-state index in [1.807, 2.05) is 12.1 Å². The van der Waals surface area contributed by atoms with Crippen molar-refractivity contribution in [2.45, 2.75) is 20.0 Å². The average molecular weight is 296 g/mol. The van der Waals surface area contributed by atoms with E-state index >= 15 is 0 Å². The topological polar surface area (TPSA) is 26.7 Å². The van der Waals surface area contributed by atoms with E-state index in [0.29, 0.717) is 5.75 Å². The van der Waals surface area contributed by atoms with E-state index in [9.17, 15) is 5.11 Å². The van der Waals surface area contributed by atoms with Gasteiger partial charge in [0.25, 0.3) is 0 Å². The standard InChI is InChI=1S/C19H24N2O/c1-16-13-19(22)8-7-18(16)15-21-11-9-20(10-12-21)14-17-5-3-2-4-6-17/h2-8,13,22H,9-12,14-15H2,1H3. The zero-order chi connectivity index (χ0) is 15.4. The van der Waals surface area contributed by atoms with Crippen LogP contribution in [-0.2, 0) is 13.1 Å². The molecule has 1 saturated heterocycles. The maximum Gasteiger partial charge on any atom is 0.115 e. The summed E-state index contributed by atoms with van der Waals surface area (Å²) in [5, 5.41) is 9.50. The third-order valence-corrected chi connectivity index (χ3v) is 4.43. The lowest BCUT2D eigenvalue weighted by atomic mass is 10.1. The molecule has 0 amide bonds. The van der Waals surface area contributed by atoms with E-state index in [1.54, 1.807) is 6.07 Å². The zero-order valence-corrected chi connectivity index (χ0v) is 13.2. The fraction of sp³-hybridized carbons (Fsp3) is 0.368. The molecule has 3 rings (SSSR count). The van der Waals surface area contributed by atoms with Gasteiger partial charge in [-0.25, -0.2) is 0 Å². The molecule has 0 spiro atoms. The van der Waals surface area contributed by atoms with Crippen molar-refractivity contribution >= 4 is 0 Å². The highest BCUT2D eigenvalue weighted by molar-refractivity contribution is 5.33. The Hall–Kier alpha value is -1.84. The number of rotatable bonds is 4. The van der Waals surface area contributed by atoms with Crippen molar-refractivity contribution in [3.8, 4) is 5.75 Å². The van der Waals surface area contributed by atoms with E-state index in [2.05, 4.69) is 47.1 Å². The van der Waals surface area contributed by atoms with E-state index < -0.39 is 0 Å². The molecule has 2 aromatic carbocycles. The number of hydrogen-bond donors (Lipinski definition) is 1. The number of phenolic OH excluding ortho intramolecular Hbond substituents is 1. The van der Waals surface area contributed by atoms with Gasteiger partial charge in [-0.05, 0) is 35.7 Å². The maximum atomic E-state index is 9.50. The first-order valence-electron chi connectivity index (χ1n) is 7.98. The summed E-state index contributed by atoms with van der Waals surface area (Å²) < 4.78 is 0. The van der Waals surface area contributed by atoms with Gasteiger partial charge in [-0.3, -0.25) is 9.80 Å². The lowest BCUT2D eigenvalue weighted by molar-refractivity contribution is 0.122. The van der Waals surface area contributed by atoms with Gasteiger partial charge in [0.05, 0.1) is 0 Å². The Labute approximate surface area is 132 Å². The van der Waals surface area contributed by atoms with Crippen LogP contribution in [0.1, 0.15) is 16.7 Å². The van der Waals surface area contributed by atoms with Crippen molar-refractivity contribution in [1.82, 2.24) is 9.80 Å². The Morgan fingerprint density at radius 3 is 2.14 bits per heavy atom. The molecule has 1 heterocycles. The SMILES string of the molecule is Cc1cc(O)ccc1CN1CCN(Cc2ccccc2)CC1. The Kier molecular flexibility index (Phi) is 4.76. The number of hydrogen-bond acceptors (Lipinski definition) is 3. The monoisotopic (exact) mass is 296 g/mol. The van der Waals surface area contributed by atoms with Crippen LogP contribution in [-0.4, -0.2) is 41.1 Å². The second-order valence-electron chi connectivity index (χ2n) is 6.15. The minimum absolute atomic E-state index is 0.355. The molecule has 0 bridgehead atoms. The van der Waals surface area contributed by atoms with Crippen LogP contribution in [0.15, 0.2) is 48.5 Å². The van der Waals surface area contributed by atoms with Crippen molar-refractivity contribution < 1.29 is 5.11 Å². The first-order chi connectivity index (χ1) is 10.7. The lowest BCUT2D eigenvalue weighted by Crippen LogP contribution is -2.45. The molecule has 3 heteroatoms. The van der Waals surface area contributed by atoms with Crippen LogP contribution in [0.2, 0.25) is 0 Å². The molecule has 0 aliphatic carbocycles. The highest BCUT2D eigenvalue weighted by Crippen LogP contribution is 2.18. The van der Waals surface area contributed by atoms with E-state index in [1.165, 1.54) is 16.7 Å². The highest BCUT2D eigenvalue weighted by atomic mass is 16.3. The highest BCUT2D eigenvalue weighted by Gasteiger charge is 2.17. The van der Waals surface area contributed by atoms with Crippen LogP contribution in [0.3, 0.4) is 0 Å². The Balaban J connectivity index is 1.51. The van der Waals surface area contributed by atoms with Gasteiger partial charge in [0.1, 0.15) is 5.75 Å². The van der Waals surface area contributed by atoms with Gasteiger partial charge in [-0.1, -0.05) is 36.4 Å². The Morgan fingerprint density at radius 2 is 1.50 bits per heavy atom. The second kappa shape index (κ2) is 6.95. The average Bonchev–Trinajstić information content (AvgIpc) is 2.53. The molecule has 0 aromatic heterocycles. The molecule has 1 fully saturated rings. The van der Waals surface area contributed by atoms with Crippen LogP contribution in [0.5, 0.6) is 5.75 Å².